The standard InChI is InChI=1S/C26H24FN5O4/c1-2-36-21-9-5-19(6-10-21)22-11-13-25(34)31(29-22)16-15-28-24(33)17-32-26(35)14-12-23(30-32)18-3-7-20(27)8-4-18/h3-14H,2,15-17H2,1H3,(H,28,33). The number of carbonyl (C=O) groups excluding carboxylic acids is 1. The van der Waals surface area contributed by atoms with Crippen molar-refractivity contribution >= 4 is 5.91 Å². The fourth-order valence-electron chi connectivity index (χ4n) is 3.48. The fourth-order valence-corrected chi connectivity index (χ4v) is 3.48. The number of hydrogen-bond acceptors (Lipinski definition) is 6. The molecule has 9 nitrogen and oxygen atoms in total. The molecule has 4 rings (SSSR count). The number of rotatable bonds is 9. The van der Waals surface area contributed by atoms with Crippen LogP contribution in [-0.4, -0.2) is 38.6 Å². The predicted molar refractivity (Wildman–Crippen MR) is 132 cm³/mol. The third-order valence-electron chi connectivity index (χ3n) is 5.27. The molecule has 0 radical (unpaired) electrons. The molecule has 0 saturated carbocycles. The Hall–Kier alpha value is -4.60. The topological polar surface area (TPSA) is 108 Å². The van der Waals surface area contributed by atoms with Crippen LogP contribution in [0, 0.1) is 5.82 Å². The Balaban J connectivity index is 1.38. The van der Waals surface area contributed by atoms with Crippen LogP contribution in [0.5, 0.6) is 5.75 Å². The first-order valence-corrected chi connectivity index (χ1v) is 11.3. The van der Waals surface area contributed by atoms with E-state index in [4.69, 9.17) is 4.74 Å². The number of aromatic nitrogens is 4. The maximum atomic E-state index is 13.2. The van der Waals surface area contributed by atoms with E-state index in [2.05, 4.69) is 15.5 Å². The van der Waals surface area contributed by atoms with E-state index in [0.717, 1.165) is 16.0 Å². The Morgan fingerprint density at radius 3 is 2.00 bits per heavy atom. The van der Waals surface area contributed by atoms with Crippen molar-refractivity contribution in [3.8, 4) is 28.3 Å². The van der Waals surface area contributed by atoms with E-state index >= 15 is 0 Å². The van der Waals surface area contributed by atoms with E-state index in [9.17, 15) is 18.8 Å². The lowest BCUT2D eigenvalue weighted by molar-refractivity contribution is -0.121. The first-order chi connectivity index (χ1) is 17.4. The summed E-state index contributed by atoms with van der Waals surface area (Å²) in [5.41, 5.74) is 1.73. The average molecular weight is 490 g/mol. The molecule has 0 bridgehead atoms. The van der Waals surface area contributed by atoms with Gasteiger partial charge in [-0.25, -0.2) is 13.8 Å². The van der Waals surface area contributed by atoms with E-state index in [1.807, 2.05) is 31.2 Å². The zero-order valence-electron chi connectivity index (χ0n) is 19.6. The van der Waals surface area contributed by atoms with Crippen LogP contribution in [0.25, 0.3) is 22.5 Å². The molecule has 0 aliphatic heterocycles. The molecule has 36 heavy (non-hydrogen) atoms. The summed E-state index contributed by atoms with van der Waals surface area (Å²) < 4.78 is 20.9. The largest absolute Gasteiger partial charge is 0.494 e. The Morgan fingerprint density at radius 1 is 0.833 bits per heavy atom. The van der Waals surface area contributed by atoms with Gasteiger partial charge in [-0.3, -0.25) is 14.4 Å². The Labute approximate surface area is 205 Å². The van der Waals surface area contributed by atoms with Gasteiger partial charge in [0.05, 0.1) is 24.5 Å². The van der Waals surface area contributed by atoms with Crippen molar-refractivity contribution < 1.29 is 13.9 Å². The molecule has 0 atom stereocenters. The van der Waals surface area contributed by atoms with Gasteiger partial charge in [-0.15, -0.1) is 0 Å². The molecule has 0 aliphatic carbocycles. The van der Waals surface area contributed by atoms with E-state index < -0.39 is 11.5 Å². The number of ether oxygens (including phenoxy) is 1. The third kappa shape index (κ3) is 6.09. The molecule has 1 N–H and O–H groups in total. The van der Waals surface area contributed by atoms with Gasteiger partial charge >= 0.3 is 0 Å². The normalized spacial score (nSPS) is 10.7. The summed E-state index contributed by atoms with van der Waals surface area (Å²) in [5, 5.41) is 11.3. The monoisotopic (exact) mass is 489 g/mol. The smallest absolute Gasteiger partial charge is 0.267 e. The first-order valence-electron chi connectivity index (χ1n) is 11.3. The molecule has 2 aromatic heterocycles. The lowest BCUT2D eigenvalue weighted by Gasteiger charge is -2.10. The summed E-state index contributed by atoms with van der Waals surface area (Å²) in [6, 6.07) is 18.9. The predicted octanol–water partition coefficient (Wildman–Crippen LogP) is 2.49. The van der Waals surface area contributed by atoms with Crippen molar-refractivity contribution in [1.29, 1.82) is 0 Å². The minimum Gasteiger partial charge on any atom is -0.494 e. The van der Waals surface area contributed by atoms with Crippen molar-refractivity contribution in [2.75, 3.05) is 13.2 Å². The van der Waals surface area contributed by atoms with Gasteiger partial charge in [0, 0.05) is 29.8 Å². The van der Waals surface area contributed by atoms with E-state index in [0.29, 0.717) is 23.6 Å². The molecule has 0 saturated heterocycles. The number of hydrogen-bond donors (Lipinski definition) is 1. The highest BCUT2D eigenvalue weighted by Gasteiger charge is 2.09. The van der Waals surface area contributed by atoms with Gasteiger partial charge in [-0.1, -0.05) is 0 Å². The molecule has 184 valence electrons. The molecule has 0 unspecified atom stereocenters. The van der Waals surface area contributed by atoms with Crippen LogP contribution in [-0.2, 0) is 17.9 Å². The lowest BCUT2D eigenvalue weighted by Crippen LogP contribution is -2.36. The highest BCUT2D eigenvalue weighted by atomic mass is 19.1. The van der Waals surface area contributed by atoms with Crippen LogP contribution < -0.4 is 21.2 Å². The van der Waals surface area contributed by atoms with Crippen molar-refractivity contribution in [2.24, 2.45) is 0 Å². The molecule has 1 amide bonds. The second-order valence-electron chi connectivity index (χ2n) is 7.81. The van der Waals surface area contributed by atoms with Gasteiger partial charge < -0.3 is 10.1 Å². The maximum Gasteiger partial charge on any atom is 0.267 e. The van der Waals surface area contributed by atoms with Crippen molar-refractivity contribution in [3.63, 3.8) is 0 Å². The van der Waals surface area contributed by atoms with Gasteiger partial charge in [-0.05, 0) is 67.6 Å². The summed E-state index contributed by atoms with van der Waals surface area (Å²) in [5.74, 6) is -0.0873. The first kappa shape index (κ1) is 24.5. The summed E-state index contributed by atoms with van der Waals surface area (Å²) in [7, 11) is 0. The summed E-state index contributed by atoms with van der Waals surface area (Å²) in [6.07, 6.45) is 0. The van der Waals surface area contributed by atoms with Crippen molar-refractivity contribution in [2.45, 2.75) is 20.0 Å². The van der Waals surface area contributed by atoms with Crippen LogP contribution in [0.15, 0.2) is 82.4 Å². The van der Waals surface area contributed by atoms with E-state index in [1.54, 1.807) is 18.2 Å². The number of benzene rings is 2. The third-order valence-corrected chi connectivity index (χ3v) is 5.27. The molecule has 2 heterocycles. The number of halogens is 1. The zero-order chi connectivity index (χ0) is 25.5. The molecule has 2 aromatic carbocycles. The second kappa shape index (κ2) is 11.2. The highest BCUT2D eigenvalue weighted by Crippen LogP contribution is 2.20. The number of nitrogens with one attached hydrogen (secondary N) is 1. The Bertz CT molecular complexity index is 1460. The van der Waals surface area contributed by atoms with Crippen LogP contribution in [0.1, 0.15) is 6.92 Å². The molecular formula is C26H24FN5O4. The quantitative estimate of drug-likeness (QED) is 0.387. The van der Waals surface area contributed by atoms with Crippen LogP contribution in [0.2, 0.25) is 0 Å². The van der Waals surface area contributed by atoms with Gasteiger partial charge in [0.1, 0.15) is 18.1 Å². The molecule has 4 aromatic rings. The summed E-state index contributed by atoms with van der Waals surface area (Å²) >= 11 is 0. The van der Waals surface area contributed by atoms with Crippen LogP contribution >= 0.6 is 0 Å². The van der Waals surface area contributed by atoms with E-state index in [1.165, 1.54) is 35.0 Å². The minimum absolute atomic E-state index is 0.130. The molecule has 0 spiro atoms. The number of amides is 1. The molecule has 0 aliphatic rings. The fraction of sp³-hybridized carbons (Fsp3) is 0.192. The van der Waals surface area contributed by atoms with Gasteiger partial charge in [-0.2, -0.15) is 10.2 Å². The van der Waals surface area contributed by atoms with Gasteiger partial charge in [0.25, 0.3) is 11.1 Å². The Kier molecular flexibility index (Phi) is 7.64. The number of nitrogens with zero attached hydrogens (tertiary/aromatic N) is 4. The second-order valence-corrected chi connectivity index (χ2v) is 7.81. The minimum atomic E-state index is -0.448. The van der Waals surface area contributed by atoms with E-state index in [-0.39, 0.29) is 31.0 Å². The Morgan fingerprint density at radius 2 is 1.39 bits per heavy atom. The summed E-state index contributed by atoms with van der Waals surface area (Å²) in [6.45, 7) is 2.45. The summed E-state index contributed by atoms with van der Waals surface area (Å²) in [4.78, 5) is 36.8. The molecule has 0 fully saturated rings. The highest BCUT2D eigenvalue weighted by molar-refractivity contribution is 5.75. The SMILES string of the molecule is CCOc1ccc(-c2ccc(=O)n(CCNC(=O)Cn3nc(-c4ccc(F)cc4)ccc3=O)n2)cc1. The van der Waals surface area contributed by atoms with Crippen LogP contribution in [0.4, 0.5) is 4.39 Å². The molecular weight excluding hydrogens is 465 g/mol. The average Bonchev–Trinajstić information content (AvgIpc) is 2.88. The van der Waals surface area contributed by atoms with Crippen molar-refractivity contribution in [3.05, 3.63) is 99.3 Å². The van der Waals surface area contributed by atoms with Gasteiger partial charge in [0.2, 0.25) is 5.91 Å². The number of carbonyl (C=O) groups is 1. The molecule has 10 heteroatoms. The van der Waals surface area contributed by atoms with Crippen molar-refractivity contribution in [1.82, 2.24) is 24.9 Å². The van der Waals surface area contributed by atoms with Gasteiger partial charge in [0.15, 0.2) is 0 Å². The zero-order valence-corrected chi connectivity index (χ0v) is 19.6. The lowest BCUT2D eigenvalue weighted by atomic mass is 10.1. The maximum absolute atomic E-state index is 13.2. The van der Waals surface area contributed by atoms with Crippen LogP contribution in [0.3, 0.4) is 0 Å².